The molecule has 9 heteroatoms. The van der Waals surface area contributed by atoms with Crippen LogP contribution in [0.4, 0.5) is 30.7 Å². The Balaban J connectivity index is 3.50. The molecular weight excluding hydrogens is 269 g/mol. The number of halogens is 8. The van der Waals surface area contributed by atoms with Crippen LogP contribution in [0.2, 0.25) is 0 Å². The van der Waals surface area contributed by atoms with Crippen LogP contribution >= 0.6 is 11.6 Å². The smallest absolute Gasteiger partial charge is 0.277 e. The Kier molecular flexibility index (Phi) is 2.78. The van der Waals surface area contributed by atoms with E-state index in [1.165, 1.54) is 0 Å². The number of hydrogen-bond donors (Lipinski definition) is 0. The first-order valence-electron chi connectivity index (χ1n) is 3.65. The van der Waals surface area contributed by atoms with Crippen molar-refractivity contribution in [2.45, 2.75) is 23.7 Å². The number of alkyl halides is 6. The summed E-state index contributed by atoms with van der Waals surface area (Å²) in [7, 11) is 0. The maximum Gasteiger partial charge on any atom is 0.358 e. The fourth-order valence-electron chi connectivity index (χ4n) is 1.11. The van der Waals surface area contributed by atoms with E-state index in [9.17, 15) is 35.5 Å². The molecule has 0 fully saturated rings. The summed E-state index contributed by atoms with van der Waals surface area (Å²) < 4.78 is 89.1. The topological polar surface area (TPSA) is 17.1 Å². The number of allylic oxidation sites excluding steroid dienone is 2. The lowest BCUT2D eigenvalue weighted by Crippen LogP contribution is -2.64. The van der Waals surface area contributed by atoms with Crippen molar-refractivity contribution in [3.63, 3.8) is 0 Å². The Morgan fingerprint density at radius 3 is 2.06 bits per heavy atom. The molecule has 0 N–H and O–H groups in total. The van der Waals surface area contributed by atoms with E-state index in [1.54, 1.807) is 0 Å². The van der Waals surface area contributed by atoms with Crippen LogP contribution in [0.25, 0.3) is 0 Å². The first-order valence-corrected chi connectivity index (χ1v) is 4.03. The zero-order valence-electron chi connectivity index (χ0n) is 7.09. The zero-order valence-corrected chi connectivity index (χ0v) is 7.84. The molecule has 1 aliphatic rings. The molecule has 1 nitrogen and oxygen atoms in total. The summed E-state index contributed by atoms with van der Waals surface area (Å²) in [5, 5.41) is -2.56. The third-order valence-corrected chi connectivity index (χ3v) is 2.33. The molecular formula is C7H2ClF7O. The van der Waals surface area contributed by atoms with Crippen LogP contribution in [0.5, 0.6) is 0 Å². The average molecular weight is 271 g/mol. The van der Waals surface area contributed by atoms with Crippen LogP contribution in [0, 0.1) is 0 Å². The molecule has 1 aliphatic carbocycles. The third-order valence-electron chi connectivity index (χ3n) is 2.06. The molecule has 0 amide bonds. The van der Waals surface area contributed by atoms with Gasteiger partial charge < -0.3 is 0 Å². The van der Waals surface area contributed by atoms with Gasteiger partial charge in [-0.15, -0.1) is 0 Å². The predicted octanol–water partition coefficient (Wildman–Crippen LogP) is 2.94. The fourth-order valence-corrected chi connectivity index (χ4v) is 1.28. The summed E-state index contributed by atoms with van der Waals surface area (Å²) in [6.07, 6.45) is -4.90. The van der Waals surface area contributed by atoms with Crippen molar-refractivity contribution >= 4 is 16.8 Å². The molecule has 0 saturated heterocycles. The van der Waals surface area contributed by atoms with Crippen molar-refractivity contribution in [2.24, 2.45) is 0 Å². The Bertz CT molecular complexity index is 366. The minimum atomic E-state index is -5.77. The molecule has 0 aliphatic heterocycles. The Labute approximate surface area is 88.9 Å². The zero-order chi connectivity index (χ0) is 12.9. The fraction of sp³-hybridized carbons (Fsp3) is 0.571. The number of hydrogen-bond acceptors (Lipinski definition) is 1. The number of carbonyl (C=O) groups excluding carboxylic acids is 1. The van der Waals surface area contributed by atoms with Gasteiger partial charge in [0, 0.05) is 6.08 Å². The van der Waals surface area contributed by atoms with Gasteiger partial charge in [-0.05, 0) is 11.6 Å². The van der Waals surface area contributed by atoms with E-state index >= 15 is 0 Å². The van der Waals surface area contributed by atoms with Gasteiger partial charge in [0.1, 0.15) is 5.83 Å². The van der Waals surface area contributed by atoms with Gasteiger partial charge in [0.25, 0.3) is 10.9 Å². The van der Waals surface area contributed by atoms with Crippen molar-refractivity contribution in [1.29, 1.82) is 0 Å². The van der Waals surface area contributed by atoms with Gasteiger partial charge in [0.2, 0.25) is 6.17 Å². The Morgan fingerprint density at radius 2 is 1.69 bits per heavy atom. The lowest BCUT2D eigenvalue weighted by molar-refractivity contribution is -0.278. The lowest BCUT2D eigenvalue weighted by Gasteiger charge is -2.38. The van der Waals surface area contributed by atoms with Crippen LogP contribution in [-0.2, 0) is 4.79 Å². The highest BCUT2D eigenvalue weighted by molar-refractivity contribution is 6.66. The van der Waals surface area contributed by atoms with E-state index < -0.39 is 40.8 Å². The number of carbonyl (C=O) groups is 1. The van der Waals surface area contributed by atoms with E-state index in [1.807, 2.05) is 0 Å². The number of rotatable bonds is 1. The molecule has 0 saturated carbocycles. The van der Waals surface area contributed by atoms with E-state index in [0.29, 0.717) is 0 Å². The van der Waals surface area contributed by atoms with Crippen LogP contribution in [0.15, 0.2) is 11.9 Å². The Hall–Kier alpha value is -0.790. The van der Waals surface area contributed by atoms with Gasteiger partial charge in [-0.3, -0.25) is 4.79 Å². The standard InChI is InChI=1S/C7H2ClF7O/c8-4(16)5(11)1-2(9)3(10)6(12,13)7(5,14)15/h1,3H. The highest BCUT2D eigenvalue weighted by atomic mass is 35.5. The highest BCUT2D eigenvalue weighted by Crippen LogP contribution is 2.54. The van der Waals surface area contributed by atoms with Crippen molar-refractivity contribution in [3.05, 3.63) is 11.9 Å². The molecule has 0 aromatic carbocycles. The summed E-state index contributed by atoms with van der Waals surface area (Å²) in [5.41, 5.74) is -4.77. The van der Waals surface area contributed by atoms with Crippen LogP contribution in [-0.4, -0.2) is 28.9 Å². The summed E-state index contributed by atoms with van der Waals surface area (Å²) in [4.78, 5) is 10.3. The summed E-state index contributed by atoms with van der Waals surface area (Å²) in [5.74, 6) is -14.0. The second-order valence-corrected chi connectivity index (χ2v) is 3.42. The van der Waals surface area contributed by atoms with Gasteiger partial charge in [-0.1, -0.05) is 0 Å². The second-order valence-electron chi connectivity index (χ2n) is 3.07. The average Bonchev–Trinajstić information content (AvgIpc) is 2.13. The molecule has 0 radical (unpaired) electrons. The van der Waals surface area contributed by atoms with E-state index in [4.69, 9.17) is 0 Å². The highest BCUT2D eigenvalue weighted by Gasteiger charge is 2.78. The van der Waals surface area contributed by atoms with Gasteiger partial charge in [-0.2, -0.15) is 17.6 Å². The molecule has 16 heavy (non-hydrogen) atoms. The molecule has 2 unspecified atom stereocenters. The molecule has 0 heterocycles. The monoisotopic (exact) mass is 270 g/mol. The summed E-state index contributed by atoms with van der Waals surface area (Å²) in [6.45, 7) is 0. The van der Waals surface area contributed by atoms with Gasteiger partial charge in [0.05, 0.1) is 0 Å². The van der Waals surface area contributed by atoms with Crippen LogP contribution in [0.1, 0.15) is 0 Å². The van der Waals surface area contributed by atoms with E-state index in [0.717, 1.165) is 0 Å². The largest absolute Gasteiger partial charge is 0.358 e. The molecule has 0 aromatic rings. The van der Waals surface area contributed by atoms with Crippen molar-refractivity contribution in [2.75, 3.05) is 0 Å². The SMILES string of the molecule is O=C(Cl)C1(F)C=C(F)C(F)C(F)(F)C1(F)F. The first kappa shape index (κ1) is 13.3. The predicted molar refractivity (Wildman–Crippen MR) is 38.7 cm³/mol. The maximum atomic E-state index is 13.2. The van der Waals surface area contributed by atoms with E-state index in [2.05, 4.69) is 11.6 Å². The van der Waals surface area contributed by atoms with Crippen LogP contribution < -0.4 is 0 Å². The molecule has 0 aromatic heterocycles. The third kappa shape index (κ3) is 1.35. The second kappa shape index (κ2) is 3.35. The van der Waals surface area contributed by atoms with Gasteiger partial charge >= 0.3 is 11.8 Å². The maximum absolute atomic E-state index is 13.2. The first-order chi connectivity index (χ1) is 6.98. The summed E-state index contributed by atoms with van der Waals surface area (Å²) >= 11 is 4.36. The lowest BCUT2D eigenvalue weighted by atomic mass is 9.85. The quantitative estimate of drug-likeness (QED) is 0.529. The van der Waals surface area contributed by atoms with E-state index in [-0.39, 0.29) is 0 Å². The minimum absolute atomic E-state index is 0.871. The normalized spacial score (nSPS) is 36.8. The van der Waals surface area contributed by atoms with Crippen molar-refractivity contribution < 1.29 is 35.5 Å². The Morgan fingerprint density at radius 1 is 1.25 bits per heavy atom. The molecule has 0 spiro atoms. The minimum Gasteiger partial charge on any atom is -0.277 e. The van der Waals surface area contributed by atoms with Gasteiger partial charge in [0.15, 0.2) is 0 Å². The molecule has 2 atom stereocenters. The molecule has 1 rings (SSSR count). The van der Waals surface area contributed by atoms with Crippen LogP contribution in [0.3, 0.4) is 0 Å². The molecule has 0 bridgehead atoms. The van der Waals surface area contributed by atoms with Crippen molar-refractivity contribution in [3.8, 4) is 0 Å². The van der Waals surface area contributed by atoms with Gasteiger partial charge in [-0.25, -0.2) is 13.2 Å². The van der Waals surface area contributed by atoms with Crippen molar-refractivity contribution in [1.82, 2.24) is 0 Å². The molecule has 92 valence electrons. The summed E-state index contributed by atoms with van der Waals surface area (Å²) in [6, 6.07) is 0.